The summed E-state index contributed by atoms with van der Waals surface area (Å²) in [6.07, 6.45) is -0.00686. The number of hydrogen-bond donors (Lipinski definition) is 2. The number of aromatic nitrogens is 4. The van der Waals surface area contributed by atoms with E-state index in [1.165, 1.54) is 31.5 Å². The monoisotopic (exact) mass is 533 g/mol. The van der Waals surface area contributed by atoms with Gasteiger partial charge in [-0.3, -0.25) is 9.79 Å². The average molecular weight is 534 g/mol. The SMILES string of the molecule is Cc1noc(COc2cnc(C(=O)Nc3cc(C)c(F)c([C@]4(C)N=C(N)S[C@@]5(C(F)F)C[C@@H]45)c3)cn2)n1. The van der Waals surface area contributed by atoms with Crippen LogP contribution in [-0.4, -0.2) is 42.4 Å². The van der Waals surface area contributed by atoms with Gasteiger partial charge >= 0.3 is 0 Å². The minimum atomic E-state index is -2.63. The Morgan fingerprint density at radius 1 is 1.32 bits per heavy atom. The molecule has 37 heavy (non-hydrogen) atoms. The van der Waals surface area contributed by atoms with Gasteiger partial charge in [-0.1, -0.05) is 16.9 Å². The number of ether oxygens (including phenoxy) is 1. The van der Waals surface area contributed by atoms with Gasteiger partial charge in [-0.2, -0.15) is 4.98 Å². The summed E-state index contributed by atoms with van der Waals surface area (Å²) in [5.41, 5.74) is 5.12. The van der Waals surface area contributed by atoms with Crippen molar-refractivity contribution < 1.29 is 27.2 Å². The molecule has 194 valence electrons. The van der Waals surface area contributed by atoms with Gasteiger partial charge in [0, 0.05) is 17.2 Å². The summed E-state index contributed by atoms with van der Waals surface area (Å²) < 4.78 is 52.0. The molecule has 5 rings (SSSR count). The summed E-state index contributed by atoms with van der Waals surface area (Å²) in [6, 6.07) is 2.84. The number of fused-ring (bicyclic) bond motifs is 1. The van der Waals surface area contributed by atoms with Crippen molar-refractivity contribution in [2.75, 3.05) is 5.32 Å². The predicted octanol–water partition coefficient (Wildman–Crippen LogP) is 3.75. The Bertz CT molecular complexity index is 1400. The van der Waals surface area contributed by atoms with Crippen LogP contribution in [0.25, 0.3) is 0 Å². The van der Waals surface area contributed by atoms with E-state index in [-0.39, 0.29) is 52.5 Å². The number of nitrogens with zero attached hydrogens (tertiary/aromatic N) is 5. The minimum absolute atomic E-state index is 0.0171. The Balaban J connectivity index is 1.34. The number of carbonyl (C=O) groups is 1. The summed E-state index contributed by atoms with van der Waals surface area (Å²) >= 11 is 0.843. The molecule has 0 unspecified atom stereocenters. The molecule has 10 nitrogen and oxygen atoms in total. The molecule has 0 bridgehead atoms. The lowest BCUT2D eigenvalue weighted by molar-refractivity contribution is 0.102. The predicted molar refractivity (Wildman–Crippen MR) is 128 cm³/mol. The molecule has 3 aromatic rings. The Kier molecular flexibility index (Phi) is 6.09. The number of nitrogens with one attached hydrogen (secondary N) is 1. The van der Waals surface area contributed by atoms with E-state index in [2.05, 4.69) is 30.4 Å². The lowest BCUT2D eigenvalue weighted by atomic mass is 9.84. The Morgan fingerprint density at radius 2 is 2.11 bits per heavy atom. The molecule has 1 aliphatic carbocycles. The lowest BCUT2D eigenvalue weighted by Crippen LogP contribution is -2.39. The van der Waals surface area contributed by atoms with Crippen LogP contribution in [0.4, 0.5) is 18.9 Å². The molecule has 1 aliphatic heterocycles. The zero-order chi connectivity index (χ0) is 26.5. The number of nitrogens with two attached hydrogens (primary N) is 1. The number of amides is 1. The summed E-state index contributed by atoms with van der Waals surface area (Å²) in [4.78, 5) is 29.3. The van der Waals surface area contributed by atoms with Crippen molar-refractivity contribution in [3.8, 4) is 5.88 Å². The second-order valence-corrected chi connectivity index (χ2v) is 10.5. The van der Waals surface area contributed by atoms with Crippen molar-refractivity contribution in [1.29, 1.82) is 0 Å². The molecule has 2 aliphatic rings. The molecule has 3 atom stereocenters. The standard InChI is InChI=1S/C23H22F3N7O3S/c1-10-4-12(5-13(18(10)24)22(3)15-6-23(15,20(25)26)37-21(27)32-22)31-19(34)14-7-29-16(8-28-14)35-9-17-30-11(2)33-36-17/h4-5,7-8,15,20H,6,9H2,1-3H3,(H2,27,32)(H,31,34)/t15-,22-,23-/m0/s1. The van der Waals surface area contributed by atoms with Crippen molar-refractivity contribution >= 4 is 28.5 Å². The Morgan fingerprint density at radius 3 is 2.76 bits per heavy atom. The Hall–Kier alpha value is -3.68. The van der Waals surface area contributed by atoms with Gasteiger partial charge in [0.05, 0.1) is 22.7 Å². The summed E-state index contributed by atoms with van der Waals surface area (Å²) in [7, 11) is 0. The molecule has 0 spiro atoms. The summed E-state index contributed by atoms with van der Waals surface area (Å²) in [5, 5.41) is 6.29. The number of rotatable bonds is 7. The first kappa shape index (κ1) is 25.0. The second kappa shape index (κ2) is 9.01. The molecular weight excluding hydrogens is 511 g/mol. The van der Waals surface area contributed by atoms with Gasteiger partial charge in [0.2, 0.25) is 5.88 Å². The quantitative estimate of drug-likeness (QED) is 0.464. The van der Waals surface area contributed by atoms with Crippen LogP contribution >= 0.6 is 11.8 Å². The van der Waals surface area contributed by atoms with Crippen LogP contribution in [0.2, 0.25) is 0 Å². The molecular formula is C23H22F3N7O3S. The third kappa shape index (κ3) is 4.49. The topological polar surface area (TPSA) is 141 Å². The molecule has 14 heteroatoms. The molecule has 3 heterocycles. The third-order valence-electron chi connectivity index (χ3n) is 6.47. The van der Waals surface area contributed by atoms with Gasteiger partial charge in [-0.05, 0) is 44.9 Å². The first-order chi connectivity index (χ1) is 17.5. The molecule has 3 N–H and O–H groups in total. The van der Waals surface area contributed by atoms with Crippen LogP contribution in [0.5, 0.6) is 5.88 Å². The molecule has 1 fully saturated rings. The normalized spacial score (nSPS) is 24.4. The smallest absolute Gasteiger partial charge is 0.275 e. The molecule has 2 aromatic heterocycles. The van der Waals surface area contributed by atoms with Gasteiger partial charge in [-0.25, -0.2) is 23.1 Å². The van der Waals surface area contributed by atoms with Gasteiger partial charge in [0.1, 0.15) is 11.5 Å². The number of benzene rings is 1. The molecule has 1 aromatic carbocycles. The maximum Gasteiger partial charge on any atom is 0.275 e. The van der Waals surface area contributed by atoms with Crippen molar-refractivity contribution in [2.24, 2.45) is 16.6 Å². The van der Waals surface area contributed by atoms with E-state index in [1.807, 2.05) is 0 Å². The molecule has 1 amide bonds. The van der Waals surface area contributed by atoms with E-state index in [1.54, 1.807) is 13.8 Å². The fraction of sp³-hybridized carbons (Fsp3) is 0.391. The summed E-state index contributed by atoms with van der Waals surface area (Å²) in [5.74, 6) is -0.935. The number of hydrogen-bond acceptors (Lipinski definition) is 10. The maximum atomic E-state index is 15.3. The van der Waals surface area contributed by atoms with Gasteiger partial charge < -0.3 is 20.3 Å². The number of alkyl halides is 2. The minimum Gasteiger partial charge on any atom is -0.466 e. The highest BCUT2D eigenvalue weighted by atomic mass is 32.2. The van der Waals surface area contributed by atoms with Gasteiger partial charge in [-0.15, -0.1) is 0 Å². The first-order valence-corrected chi connectivity index (χ1v) is 12.0. The van der Waals surface area contributed by atoms with Crippen LogP contribution in [-0.2, 0) is 12.1 Å². The van der Waals surface area contributed by atoms with Crippen molar-refractivity contribution in [3.05, 3.63) is 58.9 Å². The van der Waals surface area contributed by atoms with Crippen molar-refractivity contribution in [3.63, 3.8) is 0 Å². The second-order valence-electron chi connectivity index (χ2n) is 9.08. The number of amidine groups is 1. The van der Waals surface area contributed by atoms with Crippen LogP contribution in [0.3, 0.4) is 0 Å². The number of thioether (sulfide) groups is 1. The van der Waals surface area contributed by atoms with Crippen LogP contribution in [0, 0.1) is 25.6 Å². The van der Waals surface area contributed by atoms with Crippen LogP contribution in [0.15, 0.2) is 34.0 Å². The summed E-state index contributed by atoms with van der Waals surface area (Å²) in [6.45, 7) is 4.77. The molecule has 0 saturated heterocycles. The average Bonchev–Trinajstić information content (AvgIpc) is 3.47. The van der Waals surface area contributed by atoms with E-state index in [9.17, 15) is 13.6 Å². The van der Waals surface area contributed by atoms with E-state index in [0.717, 1.165) is 11.8 Å². The van der Waals surface area contributed by atoms with E-state index < -0.39 is 34.4 Å². The van der Waals surface area contributed by atoms with Crippen molar-refractivity contribution in [1.82, 2.24) is 20.1 Å². The van der Waals surface area contributed by atoms with Crippen LogP contribution < -0.4 is 15.8 Å². The zero-order valence-electron chi connectivity index (χ0n) is 20.0. The van der Waals surface area contributed by atoms with Gasteiger partial charge in [0.25, 0.3) is 18.2 Å². The lowest BCUT2D eigenvalue weighted by Gasteiger charge is -2.34. The number of aryl methyl sites for hydroxylation is 2. The highest BCUT2D eigenvalue weighted by Crippen LogP contribution is 2.68. The maximum absolute atomic E-state index is 15.3. The fourth-order valence-electron chi connectivity index (χ4n) is 4.55. The number of anilines is 1. The first-order valence-electron chi connectivity index (χ1n) is 11.2. The van der Waals surface area contributed by atoms with Gasteiger partial charge in [0.15, 0.2) is 17.6 Å². The third-order valence-corrected chi connectivity index (χ3v) is 7.78. The van der Waals surface area contributed by atoms with E-state index in [4.69, 9.17) is 15.0 Å². The number of aliphatic imine (C=N–C) groups is 1. The van der Waals surface area contributed by atoms with E-state index >= 15 is 4.39 Å². The fourth-order valence-corrected chi connectivity index (χ4v) is 5.89. The molecule has 1 saturated carbocycles. The zero-order valence-corrected chi connectivity index (χ0v) is 20.8. The number of halogens is 3. The highest BCUT2D eigenvalue weighted by Gasteiger charge is 2.71. The largest absolute Gasteiger partial charge is 0.466 e. The van der Waals surface area contributed by atoms with Crippen LogP contribution in [0.1, 0.15) is 46.7 Å². The van der Waals surface area contributed by atoms with E-state index in [0.29, 0.717) is 5.82 Å². The van der Waals surface area contributed by atoms with Crippen molar-refractivity contribution in [2.45, 2.75) is 50.5 Å². The molecule has 0 radical (unpaired) electrons. The number of carbonyl (C=O) groups excluding carboxylic acids is 1. The Labute approximate surface area is 213 Å². The highest BCUT2D eigenvalue weighted by molar-refractivity contribution is 8.15.